The Kier molecular flexibility index (Phi) is 5.64. The number of rotatable bonds is 6. The van der Waals surface area contributed by atoms with Gasteiger partial charge in [0.05, 0.1) is 6.10 Å². The lowest BCUT2D eigenvalue weighted by molar-refractivity contribution is 0.0693. The highest BCUT2D eigenvalue weighted by Gasteiger charge is 2.15. The fourth-order valence-electron chi connectivity index (χ4n) is 2.22. The predicted octanol–water partition coefficient (Wildman–Crippen LogP) is 3.83. The number of phenols is 1. The van der Waals surface area contributed by atoms with E-state index in [1.165, 1.54) is 12.1 Å². The summed E-state index contributed by atoms with van der Waals surface area (Å²) >= 11 is 0. The second-order valence-electron chi connectivity index (χ2n) is 5.81. The molecule has 0 bridgehead atoms. The maximum absolute atomic E-state index is 12.3. The van der Waals surface area contributed by atoms with Gasteiger partial charge in [0.25, 0.3) is 5.91 Å². The van der Waals surface area contributed by atoms with Crippen LogP contribution >= 0.6 is 0 Å². The van der Waals surface area contributed by atoms with E-state index < -0.39 is 5.97 Å². The van der Waals surface area contributed by atoms with Gasteiger partial charge in [-0.3, -0.25) is 4.79 Å². The Hall–Kier alpha value is -3.02. The first-order valence-corrected chi connectivity index (χ1v) is 7.96. The number of carboxylic acids is 1. The van der Waals surface area contributed by atoms with Gasteiger partial charge >= 0.3 is 5.97 Å². The van der Waals surface area contributed by atoms with E-state index in [0.717, 1.165) is 6.42 Å². The number of aromatic carboxylic acids is 1. The van der Waals surface area contributed by atoms with E-state index in [0.29, 0.717) is 22.6 Å². The number of benzene rings is 2. The quantitative estimate of drug-likeness (QED) is 0.693. The fraction of sp³-hybridized carbons (Fsp3) is 0.263. The van der Waals surface area contributed by atoms with Gasteiger partial charge in [-0.1, -0.05) is 6.92 Å². The van der Waals surface area contributed by atoms with Crippen LogP contribution in [0.1, 0.15) is 46.5 Å². The van der Waals surface area contributed by atoms with Crippen molar-refractivity contribution in [2.75, 3.05) is 5.32 Å². The van der Waals surface area contributed by atoms with Gasteiger partial charge in [0.1, 0.15) is 17.1 Å². The zero-order valence-electron chi connectivity index (χ0n) is 14.4. The number of hydrogen-bond donors (Lipinski definition) is 3. The lowest BCUT2D eigenvalue weighted by Gasteiger charge is -2.13. The molecule has 0 unspecified atom stereocenters. The van der Waals surface area contributed by atoms with Gasteiger partial charge in [-0.2, -0.15) is 0 Å². The van der Waals surface area contributed by atoms with E-state index in [9.17, 15) is 14.7 Å². The lowest BCUT2D eigenvalue weighted by atomic mass is 10.1. The van der Waals surface area contributed by atoms with Gasteiger partial charge in [0.15, 0.2) is 0 Å². The molecule has 2 rings (SSSR count). The Labute approximate surface area is 146 Å². The predicted molar refractivity (Wildman–Crippen MR) is 94.6 cm³/mol. The number of carbonyl (C=O) groups excluding carboxylic acids is 1. The molecule has 6 nitrogen and oxygen atoms in total. The van der Waals surface area contributed by atoms with E-state index in [4.69, 9.17) is 9.84 Å². The molecule has 1 atom stereocenters. The number of nitrogens with one attached hydrogen (secondary N) is 1. The summed E-state index contributed by atoms with van der Waals surface area (Å²) in [6.45, 7) is 5.56. The highest BCUT2D eigenvalue weighted by Crippen LogP contribution is 2.27. The smallest absolute Gasteiger partial charge is 0.339 e. The molecule has 0 aliphatic heterocycles. The van der Waals surface area contributed by atoms with Crippen LogP contribution in [-0.2, 0) is 0 Å². The molecule has 1 amide bonds. The highest BCUT2D eigenvalue weighted by atomic mass is 16.5. The van der Waals surface area contributed by atoms with E-state index in [-0.39, 0.29) is 23.3 Å². The van der Waals surface area contributed by atoms with Gasteiger partial charge in [-0.05, 0) is 62.2 Å². The number of carbonyl (C=O) groups is 2. The van der Waals surface area contributed by atoms with Crippen LogP contribution in [0, 0.1) is 6.92 Å². The summed E-state index contributed by atoms with van der Waals surface area (Å²) in [7, 11) is 0. The topological polar surface area (TPSA) is 95.9 Å². The number of hydrogen-bond acceptors (Lipinski definition) is 4. The number of ether oxygens (including phenoxy) is 1. The summed E-state index contributed by atoms with van der Waals surface area (Å²) in [4.78, 5) is 23.5. The first-order valence-electron chi connectivity index (χ1n) is 7.96. The minimum atomic E-state index is -1.26. The lowest BCUT2D eigenvalue weighted by Crippen LogP contribution is -2.13. The number of carboxylic acid groups (broad SMARTS) is 1. The molecule has 3 N–H and O–H groups in total. The molecular weight excluding hydrogens is 322 g/mol. The summed E-state index contributed by atoms with van der Waals surface area (Å²) in [5.41, 5.74) is 0.830. The molecule has 0 saturated heterocycles. The zero-order chi connectivity index (χ0) is 18.6. The number of aromatic hydroxyl groups is 1. The van der Waals surface area contributed by atoms with Crippen molar-refractivity contribution in [3.05, 3.63) is 53.1 Å². The van der Waals surface area contributed by atoms with Crippen molar-refractivity contribution >= 4 is 17.6 Å². The molecule has 0 aromatic heterocycles. The van der Waals surface area contributed by atoms with E-state index in [1.54, 1.807) is 31.2 Å². The third-order valence-electron chi connectivity index (χ3n) is 3.82. The van der Waals surface area contributed by atoms with Crippen molar-refractivity contribution in [1.82, 2.24) is 0 Å². The Morgan fingerprint density at radius 1 is 1.20 bits per heavy atom. The van der Waals surface area contributed by atoms with Crippen molar-refractivity contribution < 1.29 is 24.5 Å². The van der Waals surface area contributed by atoms with Crippen molar-refractivity contribution in [1.29, 1.82) is 0 Å². The van der Waals surface area contributed by atoms with E-state index in [1.807, 2.05) is 13.8 Å². The number of amides is 1. The summed E-state index contributed by atoms with van der Waals surface area (Å²) in [6.07, 6.45) is 0.975. The normalized spacial score (nSPS) is 11.6. The average molecular weight is 343 g/mol. The SMILES string of the molecule is CC[C@@H](C)Oc1ccc(C(=O)Nc2cc(C)c(O)c(C(=O)O)c2)cc1. The first-order chi connectivity index (χ1) is 11.8. The van der Waals surface area contributed by atoms with Crippen molar-refractivity contribution in [2.45, 2.75) is 33.3 Å². The summed E-state index contributed by atoms with van der Waals surface area (Å²) < 4.78 is 5.66. The summed E-state index contributed by atoms with van der Waals surface area (Å²) in [5, 5.41) is 21.5. The maximum atomic E-state index is 12.3. The third-order valence-corrected chi connectivity index (χ3v) is 3.82. The minimum absolute atomic E-state index is 0.0917. The van der Waals surface area contributed by atoms with Crippen LogP contribution in [0.4, 0.5) is 5.69 Å². The Morgan fingerprint density at radius 3 is 2.40 bits per heavy atom. The third kappa shape index (κ3) is 4.50. The molecule has 0 aliphatic rings. The van der Waals surface area contributed by atoms with Crippen LogP contribution < -0.4 is 10.1 Å². The standard InChI is InChI=1S/C19H21NO5/c1-4-12(3)25-15-7-5-13(6-8-15)18(22)20-14-9-11(2)17(21)16(10-14)19(23)24/h5-10,12,21H,4H2,1-3H3,(H,20,22)(H,23,24)/t12-/m1/s1. The molecule has 2 aromatic rings. The van der Waals surface area contributed by atoms with Crippen molar-refractivity contribution in [3.63, 3.8) is 0 Å². The van der Waals surface area contributed by atoms with Crippen LogP contribution in [0.2, 0.25) is 0 Å². The van der Waals surface area contributed by atoms with Crippen molar-refractivity contribution in [3.8, 4) is 11.5 Å². The summed E-state index contributed by atoms with van der Waals surface area (Å²) in [5.74, 6) is -1.27. The molecule has 25 heavy (non-hydrogen) atoms. The molecule has 0 heterocycles. The number of aryl methyl sites for hydroxylation is 1. The summed E-state index contributed by atoms with van der Waals surface area (Å²) in [6, 6.07) is 9.44. The molecule has 0 radical (unpaired) electrons. The molecule has 0 saturated carbocycles. The van der Waals surface area contributed by atoms with Gasteiger partial charge in [-0.15, -0.1) is 0 Å². The zero-order valence-corrected chi connectivity index (χ0v) is 14.4. The molecule has 132 valence electrons. The van der Waals surface area contributed by atoms with E-state index >= 15 is 0 Å². The number of anilines is 1. The van der Waals surface area contributed by atoms with Crippen LogP contribution in [0.25, 0.3) is 0 Å². The second kappa shape index (κ2) is 7.70. The van der Waals surface area contributed by atoms with Crippen LogP contribution in [-0.4, -0.2) is 28.2 Å². The molecule has 0 spiro atoms. The maximum Gasteiger partial charge on any atom is 0.339 e. The second-order valence-corrected chi connectivity index (χ2v) is 5.81. The molecule has 0 fully saturated rings. The van der Waals surface area contributed by atoms with Gasteiger partial charge < -0.3 is 20.3 Å². The molecule has 6 heteroatoms. The average Bonchev–Trinajstić information content (AvgIpc) is 2.58. The highest BCUT2D eigenvalue weighted by molar-refractivity contribution is 6.05. The molecular formula is C19H21NO5. The van der Waals surface area contributed by atoms with Crippen LogP contribution in [0.3, 0.4) is 0 Å². The molecule has 2 aromatic carbocycles. The van der Waals surface area contributed by atoms with Crippen LogP contribution in [0.5, 0.6) is 11.5 Å². The molecule has 0 aliphatic carbocycles. The Morgan fingerprint density at radius 2 is 1.84 bits per heavy atom. The van der Waals surface area contributed by atoms with Gasteiger partial charge in [-0.25, -0.2) is 4.79 Å². The van der Waals surface area contributed by atoms with Crippen LogP contribution in [0.15, 0.2) is 36.4 Å². The minimum Gasteiger partial charge on any atom is -0.507 e. The fourth-order valence-corrected chi connectivity index (χ4v) is 2.22. The van der Waals surface area contributed by atoms with Crippen molar-refractivity contribution in [2.24, 2.45) is 0 Å². The monoisotopic (exact) mass is 343 g/mol. The van der Waals surface area contributed by atoms with Gasteiger partial charge in [0, 0.05) is 11.3 Å². The Balaban J connectivity index is 2.16. The van der Waals surface area contributed by atoms with Gasteiger partial charge in [0.2, 0.25) is 0 Å². The largest absolute Gasteiger partial charge is 0.507 e. The Bertz CT molecular complexity index is 783. The first kappa shape index (κ1) is 18.3. The van der Waals surface area contributed by atoms with E-state index in [2.05, 4.69) is 5.32 Å².